The number of nitrogens with one attached hydrogen (secondary N) is 2. The second-order valence-electron chi connectivity index (χ2n) is 15.0. The number of fused-ring (bicyclic) bond motifs is 10. The minimum Gasteiger partial charge on any atom is -0.483 e. The van der Waals surface area contributed by atoms with Crippen molar-refractivity contribution in [2.75, 3.05) is 0 Å². The number of rotatable bonds is 4. The lowest BCUT2D eigenvalue weighted by atomic mass is 9.84. The molecule has 6 heteroatoms. The number of hydrogen-bond donors (Lipinski definition) is 2. The van der Waals surface area contributed by atoms with Gasteiger partial charge in [0, 0.05) is 51.6 Å². The largest absolute Gasteiger partial charge is 0.483 e. The molecule has 5 atom stereocenters. The van der Waals surface area contributed by atoms with E-state index in [1.165, 1.54) is 49.8 Å². The number of ether oxygens (including phenoxy) is 1. The fourth-order valence-corrected chi connectivity index (χ4v) is 9.35. The van der Waals surface area contributed by atoms with Gasteiger partial charge in [0.15, 0.2) is 0 Å². The maximum Gasteiger partial charge on any atom is 0.148 e. The van der Waals surface area contributed by atoms with E-state index in [2.05, 4.69) is 144 Å². The number of benzene rings is 3. The van der Waals surface area contributed by atoms with Gasteiger partial charge in [-0.2, -0.15) is 0 Å². The van der Waals surface area contributed by atoms with E-state index in [9.17, 15) is 0 Å². The molecule has 52 heavy (non-hydrogen) atoms. The van der Waals surface area contributed by atoms with Crippen LogP contribution >= 0.6 is 0 Å². The molecule has 2 N–H and O–H groups in total. The zero-order valence-corrected chi connectivity index (χ0v) is 29.2. The van der Waals surface area contributed by atoms with Crippen LogP contribution in [0.15, 0.2) is 130 Å². The number of aromatic nitrogens is 1. The van der Waals surface area contributed by atoms with Gasteiger partial charge >= 0.3 is 0 Å². The first-order valence-electron chi connectivity index (χ1n) is 18.8. The van der Waals surface area contributed by atoms with Gasteiger partial charge in [-0.1, -0.05) is 110 Å². The van der Waals surface area contributed by atoms with Crippen LogP contribution in [0.3, 0.4) is 0 Å². The summed E-state index contributed by atoms with van der Waals surface area (Å²) in [5.41, 5.74) is 11.1. The molecule has 0 spiro atoms. The predicted molar refractivity (Wildman–Crippen MR) is 210 cm³/mol. The predicted octanol–water partition coefficient (Wildman–Crippen LogP) is 9.77. The van der Waals surface area contributed by atoms with Gasteiger partial charge in [0.2, 0.25) is 0 Å². The van der Waals surface area contributed by atoms with Gasteiger partial charge in [-0.3, -0.25) is 5.32 Å². The van der Waals surface area contributed by atoms with E-state index in [1.807, 2.05) is 0 Å². The van der Waals surface area contributed by atoms with Gasteiger partial charge < -0.3 is 19.0 Å². The summed E-state index contributed by atoms with van der Waals surface area (Å²) in [6, 6.07) is 24.0. The molecule has 6 aliphatic rings. The second-order valence-corrected chi connectivity index (χ2v) is 15.0. The maximum atomic E-state index is 6.91. The fourth-order valence-electron chi connectivity index (χ4n) is 9.35. The lowest BCUT2D eigenvalue weighted by molar-refractivity contribution is 0.271. The lowest BCUT2D eigenvalue weighted by Gasteiger charge is -2.36. The van der Waals surface area contributed by atoms with Crippen LogP contribution in [-0.4, -0.2) is 22.7 Å². The highest BCUT2D eigenvalue weighted by atomic mass is 16.5. The number of furan rings is 1. The van der Waals surface area contributed by atoms with Crippen molar-refractivity contribution >= 4 is 45.0 Å². The zero-order chi connectivity index (χ0) is 34.3. The van der Waals surface area contributed by atoms with Gasteiger partial charge in [-0.15, -0.1) is 0 Å². The summed E-state index contributed by atoms with van der Waals surface area (Å²) in [5.74, 6) is 4.65. The number of allylic oxidation sites excluding steroid dienone is 7. The molecule has 4 heterocycles. The molecule has 0 saturated heterocycles. The molecule has 0 radical (unpaired) electrons. The van der Waals surface area contributed by atoms with Gasteiger partial charge in [-0.25, -0.2) is 4.99 Å². The van der Waals surface area contributed by atoms with E-state index in [-0.39, 0.29) is 24.4 Å². The molecule has 6 nitrogen and oxygen atoms in total. The zero-order valence-electron chi connectivity index (χ0n) is 29.2. The summed E-state index contributed by atoms with van der Waals surface area (Å²) in [7, 11) is 0. The van der Waals surface area contributed by atoms with E-state index in [0.29, 0.717) is 5.92 Å². The monoisotopic (exact) mass is 680 g/mol. The third-order valence-electron chi connectivity index (χ3n) is 11.7. The first kappa shape index (κ1) is 30.1. The quantitative estimate of drug-likeness (QED) is 0.198. The van der Waals surface area contributed by atoms with Crippen LogP contribution in [0.4, 0.5) is 0 Å². The number of para-hydroxylation sites is 1. The number of aliphatic imine (C=N–C) groups is 1. The van der Waals surface area contributed by atoms with Crippen LogP contribution in [0, 0.1) is 5.92 Å². The average Bonchev–Trinajstić information content (AvgIpc) is 3.87. The summed E-state index contributed by atoms with van der Waals surface area (Å²) in [6.07, 6.45) is 24.6. The molecule has 256 valence electrons. The second kappa shape index (κ2) is 11.7. The third kappa shape index (κ3) is 4.63. The molecule has 0 bridgehead atoms. The molecule has 11 rings (SSSR count). The minimum absolute atomic E-state index is 0.0351. The van der Waals surface area contributed by atoms with E-state index >= 15 is 0 Å². The average molecular weight is 681 g/mol. The molecular formula is C46H40N4O2. The lowest BCUT2D eigenvalue weighted by Crippen LogP contribution is -2.52. The van der Waals surface area contributed by atoms with Crippen LogP contribution in [-0.2, 0) is 12.8 Å². The van der Waals surface area contributed by atoms with Crippen molar-refractivity contribution in [3.63, 3.8) is 0 Å². The molecule has 4 aliphatic carbocycles. The topological polar surface area (TPSA) is 63.7 Å². The molecule has 2 aromatic heterocycles. The van der Waals surface area contributed by atoms with Crippen LogP contribution in [0.5, 0.6) is 5.75 Å². The Morgan fingerprint density at radius 1 is 0.885 bits per heavy atom. The normalized spacial score (nSPS) is 25.7. The molecular weight excluding hydrogens is 641 g/mol. The van der Waals surface area contributed by atoms with Crippen molar-refractivity contribution in [1.29, 1.82) is 0 Å². The third-order valence-corrected chi connectivity index (χ3v) is 11.7. The van der Waals surface area contributed by atoms with Crippen molar-refractivity contribution in [2.45, 2.75) is 63.4 Å². The minimum atomic E-state index is -0.154. The van der Waals surface area contributed by atoms with Gasteiger partial charge in [0.25, 0.3) is 0 Å². The highest BCUT2D eigenvalue weighted by Gasteiger charge is 2.38. The SMILES string of the molecule is CC1C=C(C2NC(C3=CC=CCC3)=NC(c3ccccc3)N2)c2c(oc3c2CCC(n2c4ccccc4c4ccc5c(c42)OC2C=CC=CC52)=C3)C1. The fraction of sp³-hybridized carbons (Fsp3) is 0.239. The molecule has 0 fully saturated rings. The molecule has 0 amide bonds. The van der Waals surface area contributed by atoms with Gasteiger partial charge in [-0.05, 0) is 60.5 Å². The van der Waals surface area contributed by atoms with Crippen LogP contribution in [0.2, 0.25) is 0 Å². The Kier molecular flexibility index (Phi) is 6.78. The Balaban J connectivity index is 1.02. The van der Waals surface area contributed by atoms with Gasteiger partial charge in [0.05, 0.1) is 11.0 Å². The summed E-state index contributed by atoms with van der Waals surface area (Å²) >= 11 is 0. The number of hydrogen-bond acceptors (Lipinski definition) is 5. The van der Waals surface area contributed by atoms with Crippen LogP contribution < -0.4 is 15.4 Å². The van der Waals surface area contributed by atoms with Crippen molar-refractivity contribution in [2.24, 2.45) is 10.9 Å². The number of nitrogens with zero attached hydrogens (tertiary/aromatic N) is 2. The molecule has 5 unspecified atom stereocenters. The summed E-state index contributed by atoms with van der Waals surface area (Å²) in [5, 5.41) is 10.2. The summed E-state index contributed by atoms with van der Waals surface area (Å²) < 4.78 is 16.1. The van der Waals surface area contributed by atoms with E-state index in [0.717, 1.165) is 66.3 Å². The maximum absolute atomic E-state index is 6.91. The van der Waals surface area contributed by atoms with Crippen molar-refractivity contribution in [1.82, 2.24) is 15.2 Å². The van der Waals surface area contributed by atoms with Crippen LogP contribution in [0.25, 0.3) is 39.2 Å². The Morgan fingerprint density at radius 2 is 1.77 bits per heavy atom. The number of amidine groups is 1. The van der Waals surface area contributed by atoms with Crippen molar-refractivity contribution in [3.05, 3.63) is 155 Å². The molecule has 0 saturated carbocycles. The summed E-state index contributed by atoms with van der Waals surface area (Å²) in [4.78, 5) is 5.22. The highest BCUT2D eigenvalue weighted by Crippen LogP contribution is 2.50. The molecule has 5 aromatic rings. The van der Waals surface area contributed by atoms with Crippen molar-refractivity contribution < 1.29 is 9.15 Å². The smallest absolute Gasteiger partial charge is 0.148 e. The Bertz CT molecular complexity index is 2520. The van der Waals surface area contributed by atoms with Crippen molar-refractivity contribution in [3.8, 4) is 5.75 Å². The van der Waals surface area contributed by atoms with Gasteiger partial charge in [0.1, 0.15) is 41.5 Å². The standard InChI is InChI=1S/C46H40N4O2/c1-27-24-36(46-48-44(28-12-4-2-5-13-28)47-45(49-46)29-14-6-3-7-15-29)41-35-21-20-30(26-39(35)51-40(41)25-27)50-37-18-10-8-16-31(37)33-22-23-34-32-17-9-11-19-38(32)52-43(34)42(33)50/h2-6,8-14,16-19,22-24,26-27,32,38,44,46,48H,7,15,20-21,25H2,1H3,(H,47,49). The Hall–Kier alpha value is -5.59. The molecule has 2 aliphatic heterocycles. The summed E-state index contributed by atoms with van der Waals surface area (Å²) in [6.45, 7) is 2.30. The Labute approximate surface area is 303 Å². The van der Waals surface area contributed by atoms with E-state index in [4.69, 9.17) is 14.1 Å². The van der Waals surface area contributed by atoms with Crippen LogP contribution in [0.1, 0.15) is 72.0 Å². The first-order valence-corrected chi connectivity index (χ1v) is 18.8. The Morgan fingerprint density at radius 3 is 2.67 bits per heavy atom. The van der Waals surface area contributed by atoms with E-state index < -0.39 is 0 Å². The highest BCUT2D eigenvalue weighted by molar-refractivity contribution is 6.13. The van der Waals surface area contributed by atoms with E-state index in [1.54, 1.807) is 0 Å². The molecule has 3 aromatic carbocycles. The first-order chi connectivity index (χ1) is 25.7.